The molecule has 1 aliphatic heterocycles. The summed E-state index contributed by atoms with van der Waals surface area (Å²) < 4.78 is 17.4. The summed E-state index contributed by atoms with van der Waals surface area (Å²) in [6, 6.07) is 6.93. The summed E-state index contributed by atoms with van der Waals surface area (Å²) in [4.78, 5) is 13.0. The molecule has 0 aliphatic carbocycles. The van der Waals surface area contributed by atoms with Gasteiger partial charge in [-0.05, 0) is 43.4 Å². The average Bonchev–Trinajstić information content (AvgIpc) is 3.18. The minimum absolute atomic E-state index is 0.214. The number of aliphatic hydroxyl groups is 1. The van der Waals surface area contributed by atoms with Crippen molar-refractivity contribution in [2.24, 2.45) is 0 Å². The molecule has 0 radical (unpaired) electrons. The van der Waals surface area contributed by atoms with Crippen LogP contribution in [0.25, 0.3) is 11.5 Å². The van der Waals surface area contributed by atoms with Crippen LogP contribution in [0.1, 0.15) is 13.3 Å². The van der Waals surface area contributed by atoms with Crippen LogP contribution in [-0.4, -0.2) is 53.3 Å². The number of aromatic nitrogens is 2. The van der Waals surface area contributed by atoms with E-state index in [0.29, 0.717) is 32.1 Å². The molecular weight excluding hydrogens is 358 g/mol. The van der Waals surface area contributed by atoms with Crippen LogP contribution < -0.4 is 9.64 Å². The van der Waals surface area contributed by atoms with E-state index >= 15 is 0 Å². The number of hydrogen-bond donors (Lipinski definition) is 2. The molecule has 0 spiro atoms. The second-order valence-corrected chi connectivity index (χ2v) is 6.47. The minimum atomic E-state index is -0.555. The minimum Gasteiger partial charge on any atom is -0.494 e. The molecule has 1 saturated heterocycles. The molecule has 2 aromatic rings. The van der Waals surface area contributed by atoms with Crippen molar-refractivity contribution in [3.05, 3.63) is 29.1 Å². The molecule has 3 rings (SSSR count). The van der Waals surface area contributed by atoms with Gasteiger partial charge in [0.1, 0.15) is 18.4 Å². The number of methoxy groups -OCH3 is 1. The lowest BCUT2D eigenvalue weighted by Gasteiger charge is -2.18. The van der Waals surface area contributed by atoms with Gasteiger partial charge >= 0.3 is 5.97 Å². The van der Waals surface area contributed by atoms with Crippen molar-refractivity contribution >= 4 is 18.2 Å². The fourth-order valence-corrected chi connectivity index (χ4v) is 3.31. The molecule has 0 bridgehead atoms. The Balaban J connectivity index is 1.78. The molecule has 9 heteroatoms. The van der Waals surface area contributed by atoms with Crippen LogP contribution in [0.4, 0.5) is 0 Å². The van der Waals surface area contributed by atoms with E-state index in [1.54, 1.807) is 0 Å². The normalized spacial score (nSPS) is 22.3. The number of carbonyl (C=O) groups excluding carboxylic acids is 1. The number of carbonyl (C=O) groups is 1. The zero-order valence-electron chi connectivity index (χ0n) is 14.7. The van der Waals surface area contributed by atoms with Gasteiger partial charge in [0.25, 0.3) is 4.84 Å². The third kappa shape index (κ3) is 3.95. The van der Waals surface area contributed by atoms with Crippen molar-refractivity contribution in [2.75, 3.05) is 20.3 Å². The summed E-state index contributed by atoms with van der Waals surface area (Å²) in [5.41, 5.74) is 0.777. The maximum atomic E-state index is 11.9. The summed E-state index contributed by atoms with van der Waals surface area (Å²) in [5, 5.41) is 14.3. The van der Waals surface area contributed by atoms with Gasteiger partial charge in [-0.2, -0.15) is 4.68 Å². The number of nitrogens with zero attached hydrogens (tertiary/aromatic N) is 2. The predicted molar refractivity (Wildman–Crippen MR) is 94.2 cm³/mol. The topological polar surface area (TPSA) is 91.2 Å². The molecule has 8 nitrogen and oxygen atoms in total. The number of nitrogens with one attached hydrogen (secondary N) is 1. The molecule has 1 aromatic carbocycles. The lowest BCUT2D eigenvalue weighted by molar-refractivity contribution is -0.928. The Bertz CT molecular complexity index is 817. The van der Waals surface area contributed by atoms with Crippen molar-refractivity contribution in [3.63, 3.8) is 0 Å². The molecule has 2 heterocycles. The zero-order chi connectivity index (χ0) is 18.7. The van der Waals surface area contributed by atoms with E-state index in [2.05, 4.69) is 5.10 Å². The maximum Gasteiger partial charge on any atom is 0.364 e. The first kappa shape index (κ1) is 18.6. The highest BCUT2D eigenvalue weighted by Crippen LogP contribution is 2.21. The van der Waals surface area contributed by atoms with Crippen molar-refractivity contribution in [1.82, 2.24) is 9.78 Å². The number of hydrogen-bond acceptors (Lipinski definition) is 7. The molecule has 140 valence electrons. The van der Waals surface area contributed by atoms with E-state index in [0.717, 1.165) is 16.2 Å². The van der Waals surface area contributed by atoms with Crippen LogP contribution in [0.3, 0.4) is 0 Å². The second-order valence-electron chi connectivity index (χ2n) is 6.12. The van der Waals surface area contributed by atoms with Crippen molar-refractivity contribution in [2.45, 2.75) is 32.2 Å². The first-order valence-electron chi connectivity index (χ1n) is 8.43. The highest BCUT2D eigenvalue weighted by molar-refractivity contribution is 7.71. The van der Waals surface area contributed by atoms with Gasteiger partial charge in [-0.15, -0.1) is 5.10 Å². The van der Waals surface area contributed by atoms with Crippen LogP contribution in [0.15, 0.2) is 28.7 Å². The fraction of sp³-hybridized carbons (Fsp3) is 0.471. The number of esters is 1. The molecule has 2 N–H and O–H groups in total. The van der Waals surface area contributed by atoms with Gasteiger partial charge in [-0.1, -0.05) is 0 Å². The van der Waals surface area contributed by atoms with E-state index < -0.39 is 12.1 Å². The molecule has 0 amide bonds. The molecule has 1 aliphatic rings. The molecule has 1 unspecified atom stereocenters. The summed E-state index contributed by atoms with van der Waals surface area (Å²) in [5.74, 6) is 0.816. The van der Waals surface area contributed by atoms with Crippen LogP contribution in [0, 0.1) is 4.84 Å². The Labute approximate surface area is 155 Å². The Morgan fingerprint density at radius 1 is 1.46 bits per heavy atom. The first-order valence-corrected chi connectivity index (χ1v) is 8.84. The highest BCUT2D eigenvalue weighted by Gasteiger charge is 2.41. The van der Waals surface area contributed by atoms with Gasteiger partial charge in [0.05, 0.1) is 13.7 Å². The summed E-state index contributed by atoms with van der Waals surface area (Å²) in [7, 11) is 1.34. The van der Waals surface area contributed by atoms with Crippen LogP contribution in [0.2, 0.25) is 0 Å². The molecule has 1 aromatic heterocycles. The fourth-order valence-electron chi connectivity index (χ4n) is 3.12. The lowest BCUT2D eigenvalue weighted by atomic mass is 10.2. The maximum absolute atomic E-state index is 11.9. The standard InChI is InChI=1S/C17H21N3O5S/c1-3-24-13-6-4-11(5-7-13)15-18-20(17(26)25-15)10-19-9-12(21)8-14(19)16(22)23-2/h4-7,12,14,21H,3,8-10H2,1-2H3/p+1/t12-,14+/m1/s1. The summed E-state index contributed by atoms with van der Waals surface area (Å²) in [6.07, 6.45) is -0.195. The van der Waals surface area contributed by atoms with Crippen molar-refractivity contribution < 1.29 is 28.7 Å². The molecule has 1 fully saturated rings. The van der Waals surface area contributed by atoms with E-state index in [4.69, 9.17) is 26.1 Å². The first-order chi connectivity index (χ1) is 12.5. The van der Waals surface area contributed by atoms with Gasteiger partial charge in [0, 0.05) is 12.0 Å². The Hall–Kier alpha value is -2.23. The average molecular weight is 380 g/mol. The van der Waals surface area contributed by atoms with Gasteiger partial charge in [0.15, 0.2) is 12.7 Å². The molecule has 0 saturated carbocycles. The Morgan fingerprint density at radius 2 is 2.19 bits per heavy atom. The highest BCUT2D eigenvalue weighted by atomic mass is 32.1. The van der Waals surface area contributed by atoms with Gasteiger partial charge in [0.2, 0.25) is 5.89 Å². The smallest absolute Gasteiger partial charge is 0.364 e. The van der Waals surface area contributed by atoms with Crippen LogP contribution in [-0.2, 0) is 16.2 Å². The Kier molecular flexibility index (Phi) is 5.70. The number of likely N-dealkylation sites (tertiary alicyclic amines) is 1. The number of benzene rings is 1. The van der Waals surface area contributed by atoms with Gasteiger partial charge in [-0.25, -0.2) is 4.79 Å². The largest absolute Gasteiger partial charge is 0.494 e. The van der Waals surface area contributed by atoms with Gasteiger partial charge < -0.3 is 23.9 Å². The van der Waals surface area contributed by atoms with E-state index in [-0.39, 0.29) is 10.8 Å². The predicted octanol–water partition coefficient (Wildman–Crippen LogP) is 0.420. The number of aliphatic hydroxyl groups excluding tert-OH is 1. The number of ether oxygens (including phenoxy) is 2. The van der Waals surface area contributed by atoms with Crippen molar-refractivity contribution in [3.8, 4) is 17.2 Å². The number of quaternary nitrogens is 1. The monoisotopic (exact) mass is 380 g/mol. The van der Waals surface area contributed by atoms with Crippen molar-refractivity contribution in [1.29, 1.82) is 0 Å². The molecule has 3 atom stereocenters. The summed E-state index contributed by atoms with van der Waals surface area (Å²) >= 11 is 5.25. The van der Waals surface area contributed by atoms with E-state index in [9.17, 15) is 9.90 Å². The SMILES string of the molecule is CCOc1ccc(-c2nn(C[NH+]3C[C@H](O)C[C@H]3C(=O)OC)c(=S)o2)cc1. The van der Waals surface area contributed by atoms with E-state index in [1.807, 2.05) is 31.2 Å². The number of rotatable bonds is 6. The Morgan fingerprint density at radius 3 is 2.85 bits per heavy atom. The third-order valence-electron chi connectivity index (χ3n) is 4.36. The second kappa shape index (κ2) is 7.98. The van der Waals surface area contributed by atoms with Crippen LogP contribution in [0.5, 0.6) is 5.75 Å². The summed E-state index contributed by atoms with van der Waals surface area (Å²) in [6.45, 7) is 3.26. The van der Waals surface area contributed by atoms with Crippen LogP contribution >= 0.6 is 12.2 Å². The molecular formula is C17H22N3O5S+. The lowest BCUT2D eigenvalue weighted by Crippen LogP contribution is -3.14. The third-order valence-corrected chi connectivity index (χ3v) is 4.65. The molecule has 26 heavy (non-hydrogen) atoms. The zero-order valence-corrected chi connectivity index (χ0v) is 15.5. The van der Waals surface area contributed by atoms with E-state index in [1.165, 1.54) is 11.8 Å². The quantitative estimate of drug-likeness (QED) is 0.554. The van der Waals surface area contributed by atoms with Gasteiger partial charge in [-0.3, -0.25) is 0 Å².